The molecule has 6 nitrogen and oxygen atoms in total. The molecule has 0 spiro atoms. The molecule has 192 valence electrons. The van der Waals surface area contributed by atoms with E-state index in [1.165, 1.54) is 0 Å². The molecule has 0 aliphatic heterocycles. The van der Waals surface area contributed by atoms with Gasteiger partial charge >= 0.3 is 14.9 Å². The van der Waals surface area contributed by atoms with Crippen molar-refractivity contribution in [1.29, 1.82) is 0 Å². The van der Waals surface area contributed by atoms with Crippen molar-refractivity contribution >= 4 is 14.9 Å². The van der Waals surface area contributed by atoms with E-state index < -0.39 is 14.9 Å². The summed E-state index contributed by atoms with van der Waals surface area (Å²) in [7, 11) is 2.15. The maximum absolute atomic E-state index is 11.7. The topological polar surface area (TPSA) is 66.0 Å². The molecule has 0 atom stereocenters. The maximum atomic E-state index is 11.7. The first-order valence-electron chi connectivity index (χ1n) is 12.1. The molecule has 0 rings (SSSR count). The summed E-state index contributed by atoms with van der Waals surface area (Å²) in [6.07, 6.45) is 31.7. The molecule has 0 saturated carbocycles. The van der Waals surface area contributed by atoms with Crippen molar-refractivity contribution in [1.82, 2.24) is 5.32 Å². The number of hydrogen-bond acceptors (Lipinski definition) is 5. The van der Waals surface area contributed by atoms with E-state index >= 15 is 0 Å². The summed E-state index contributed by atoms with van der Waals surface area (Å²) in [5, 5.41) is 2.71. The number of hydrogen-bond donors (Lipinski definition) is 1. The number of nitrogens with one attached hydrogen (secondary N) is 1. The van der Waals surface area contributed by atoms with Crippen molar-refractivity contribution in [3.63, 3.8) is 0 Å². The summed E-state index contributed by atoms with van der Waals surface area (Å²) in [6.45, 7) is 2.88. The van der Waals surface area contributed by atoms with Crippen LogP contribution in [0.5, 0.6) is 0 Å². The third kappa shape index (κ3) is 19.3. The molecule has 1 amide bonds. The summed E-state index contributed by atoms with van der Waals surface area (Å²) in [5.74, 6) is 0. The first-order valence-corrected chi connectivity index (χ1v) is 14.0. The quantitative estimate of drug-likeness (QED) is 0.117. The van der Waals surface area contributed by atoms with Gasteiger partial charge in [0.1, 0.15) is 6.61 Å². The van der Waals surface area contributed by atoms with Gasteiger partial charge in [0.25, 0.3) is 0 Å². The predicted octanol–water partition coefficient (Wildman–Crippen LogP) is 6.68. The van der Waals surface area contributed by atoms with E-state index in [4.69, 9.17) is 18.0 Å². The van der Waals surface area contributed by atoms with Crippen LogP contribution in [0.25, 0.3) is 0 Å². The zero-order chi connectivity index (χ0) is 25.2. The minimum Gasteiger partial charge on any atom is -0.445 e. The molecule has 0 aliphatic rings. The molecule has 1 N–H and O–H groups in total. The molecule has 7 heteroatoms. The predicted molar refractivity (Wildman–Crippen MR) is 144 cm³/mol. The van der Waals surface area contributed by atoms with Gasteiger partial charge < -0.3 is 23.3 Å². The minimum absolute atomic E-state index is 0.253. The van der Waals surface area contributed by atoms with E-state index in [0.717, 1.165) is 38.5 Å². The van der Waals surface area contributed by atoms with E-state index in [-0.39, 0.29) is 6.61 Å². The summed E-state index contributed by atoms with van der Waals surface area (Å²) in [6, 6.07) is 0.629. The van der Waals surface area contributed by atoms with Crippen LogP contribution in [0.4, 0.5) is 4.79 Å². The molecule has 0 unspecified atom stereocenters. The molecule has 0 aromatic carbocycles. The first-order chi connectivity index (χ1) is 16.6. The van der Waals surface area contributed by atoms with Crippen LogP contribution < -0.4 is 5.32 Å². The van der Waals surface area contributed by atoms with E-state index in [2.05, 4.69) is 73.0 Å². The SMILES string of the molecule is CC/C=C\C/C=C\C/C=C\C/C=C\C/C=C\C/C=C\COC(=O)NCCC[Si](OC)(OC)OC. The Hall–Kier alpha value is -2.19. The van der Waals surface area contributed by atoms with Crippen molar-refractivity contribution in [2.24, 2.45) is 0 Å². The average molecular weight is 492 g/mol. The third-order valence-electron chi connectivity index (χ3n) is 4.77. The second kappa shape index (κ2) is 23.9. The number of alkyl carbamates (subject to hydrolysis) is 1. The zero-order valence-corrected chi connectivity index (χ0v) is 22.5. The molecule has 0 saturated heterocycles. The van der Waals surface area contributed by atoms with Gasteiger partial charge in [-0.1, -0.05) is 79.8 Å². The number of allylic oxidation sites excluding steroid dienone is 11. The summed E-state index contributed by atoms with van der Waals surface area (Å²) in [5.41, 5.74) is 0. The van der Waals surface area contributed by atoms with Gasteiger partial charge in [-0.3, -0.25) is 0 Å². The highest BCUT2D eigenvalue weighted by atomic mass is 28.4. The Morgan fingerprint density at radius 3 is 1.50 bits per heavy atom. The van der Waals surface area contributed by atoms with Crippen LogP contribution in [0.3, 0.4) is 0 Å². The van der Waals surface area contributed by atoms with Gasteiger partial charge in [-0.2, -0.15) is 0 Å². The average Bonchev–Trinajstić information content (AvgIpc) is 2.86. The monoisotopic (exact) mass is 491 g/mol. The van der Waals surface area contributed by atoms with Gasteiger partial charge in [-0.15, -0.1) is 0 Å². The largest absolute Gasteiger partial charge is 0.500 e. The van der Waals surface area contributed by atoms with Crippen LogP contribution in [0.15, 0.2) is 72.9 Å². The third-order valence-corrected chi connectivity index (χ3v) is 7.60. The second-order valence-corrected chi connectivity index (χ2v) is 10.4. The smallest absolute Gasteiger partial charge is 0.445 e. The Morgan fingerprint density at radius 1 is 0.676 bits per heavy atom. The van der Waals surface area contributed by atoms with Crippen LogP contribution in [0.2, 0.25) is 6.04 Å². The van der Waals surface area contributed by atoms with Crippen LogP contribution in [-0.4, -0.2) is 49.4 Å². The maximum Gasteiger partial charge on any atom is 0.500 e. The van der Waals surface area contributed by atoms with Crippen LogP contribution >= 0.6 is 0 Å². The highest BCUT2D eigenvalue weighted by Gasteiger charge is 2.36. The lowest BCUT2D eigenvalue weighted by Crippen LogP contribution is -2.43. The highest BCUT2D eigenvalue weighted by molar-refractivity contribution is 6.60. The minimum atomic E-state index is -2.58. The molecule has 0 aliphatic carbocycles. The number of rotatable bonds is 20. The summed E-state index contributed by atoms with van der Waals surface area (Å²) in [4.78, 5) is 11.7. The van der Waals surface area contributed by atoms with Gasteiger partial charge in [0.15, 0.2) is 0 Å². The van der Waals surface area contributed by atoms with Crippen LogP contribution in [0, 0.1) is 0 Å². The van der Waals surface area contributed by atoms with Crippen molar-refractivity contribution in [3.8, 4) is 0 Å². The highest BCUT2D eigenvalue weighted by Crippen LogP contribution is 2.14. The molecule has 0 bridgehead atoms. The first kappa shape index (κ1) is 31.8. The number of carbonyl (C=O) groups excluding carboxylic acids is 1. The van der Waals surface area contributed by atoms with Gasteiger partial charge in [0, 0.05) is 33.9 Å². The van der Waals surface area contributed by atoms with E-state index in [0.29, 0.717) is 19.0 Å². The van der Waals surface area contributed by atoms with Crippen molar-refractivity contribution in [2.75, 3.05) is 34.5 Å². The number of amides is 1. The van der Waals surface area contributed by atoms with Gasteiger partial charge in [0.05, 0.1) is 0 Å². The number of carbonyl (C=O) groups is 1. The molecular weight excluding hydrogens is 446 g/mol. The Morgan fingerprint density at radius 2 is 1.09 bits per heavy atom. The Kier molecular flexibility index (Phi) is 22.4. The van der Waals surface area contributed by atoms with E-state index in [9.17, 15) is 4.79 Å². The van der Waals surface area contributed by atoms with E-state index in [1.807, 2.05) is 12.2 Å². The molecule has 34 heavy (non-hydrogen) atoms. The molecule has 0 aromatic rings. The van der Waals surface area contributed by atoms with Crippen LogP contribution in [-0.2, 0) is 18.0 Å². The second-order valence-electron chi connectivity index (χ2n) is 7.34. The normalized spacial score (nSPS) is 13.1. The summed E-state index contributed by atoms with van der Waals surface area (Å²) < 4.78 is 21.1. The molecule has 0 aromatic heterocycles. The summed E-state index contributed by atoms with van der Waals surface area (Å²) >= 11 is 0. The Labute approximate surface area is 208 Å². The van der Waals surface area contributed by atoms with Crippen LogP contribution in [0.1, 0.15) is 51.9 Å². The lowest BCUT2D eigenvalue weighted by molar-refractivity contribution is 0.122. The standard InChI is InChI=1S/C27H45NO5Si/c1-5-6-7-8-9-10-11-12-13-14-15-16-17-18-19-20-21-22-25-33-27(29)28-24-23-26-34(30-2,31-3)32-4/h6-7,9-10,12-13,15-16,18-19,21-22H,5,8,11,14,17,20,23-26H2,1-4H3,(H,28,29)/b7-6-,10-9-,13-12-,16-15-,19-18-,22-21-. The lowest BCUT2D eigenvalue weighted by atomic mass is 10.2. The fourth-order valence-corrected chi connectivity index (χ4v) is 4.54. The Balaban J connectivity index is 3.69. The molecular formula is C27H45NO5Si. The molecule has 0 heterocycles. The number of ether oxygens (including phenoxy) is 1. The van der Waals surface area contributed by atoms with Gasteiger partial charge in [0.2, 0.25) is 0 Å². The van der Waals surface area contributed by atoms with Crippen molar-refractivity contribution < 1.29 is 22.8 Å². The van der Waals surface area contributed by atoms with E-state index in [1.54, 1.807) is 21.3 Å². The van der Waals surface area contributed by atoms with Crippen molar-refractivity contribution in [3.05, 3.63) is 72.9 Å². The van der Waals surface area contributed by atoms with Gasteiger partial charge in [-0.05, 0) is 44.9 Å². The zero-order valence-electron chi connectivity index (χ0n) is 21.5. The van der Waals surface area contributed by atoms with Gasteiger partial charge in [-0.25, -0.2) is 4.79 Å². The fourth-order valence-electron chi connectivity index (χ4n) is 2.82. The Bertz CT molecular complexity index is 656. The molecule has 0 radical (unpaired) electrons. The molecule has 0 fully saturated rings. The fraction of sp³-hybridized carbons (Fsp3) is 0.519. The lowest BCUT2D eigenvalue weighted by Gasteiger charge is -2.24. The van der Waals surface area contributed by atoms with Crippen molar-refractivity contribution in [2.45, 2.75) is 57.9 Å².